The number of hydrogen-bond acceptors (Lipinski definition) is 10. The van der Waals surface area contributed by atoms with Crippen LogP contribution < -0.4 is 25.6 Å². The van der Waals surface area contributed by atoms with Gasteiger partial charge in [-0.15, -0.1) is 0 Å². The van der Waals surface area contributed by atoms with Crippen LogP contribution in [0.15, 0.2) is 67.5 Å². The van der Waals surface area contributed by atoms with Crippen molar-refractivity contribution in [1.29, 1.82) is 0 Å². The number of aromatic nitrogens is 4. The fourth-order valence-electron chi connectivity index (χ4n) is 5.15. The van der Waals surface area contributed by atoms with E-state index in [2.05, 4.69) is 54.4 Å². The quantitative estimate of drug-likeness (QED) is 0.183. The molecule has 4 aromatic rings. The summed E-state index contributed by atoms with van der Waals surface area (Å²) in [4.78, 5) is 37.7. The molecule has 13 heteroatoms. The number of nitrogens with zero attached hydrogens (tertiary/aromatic N) is 6. The van der Waals surface area contributed by atoms with Gasteiger partial charge in [0.2, 0.25) is 11.9 Å². The molecule has 4 N–H and O–H groups in total. The second kappa shape index (κ2) is 12.8. The molecule has 3 heterocycles. The SMILES string of the molecule is C=CC(=O)Nc1cc(Nc2ncc(C(=O)O)c(Nc3ccccc3-c3ccn(C)n3)n2)c(OC)cc1N(C)C1CCN(C)C1. The molecule has 1 amide bonds. The largest absolute Gasteiger partial charge is 0.494 e. The number of carboxylic acids is 1. The van der Waals surface area contributed by atoms with Gasteiger partial charge in [0.1, 0.15) is 11.3 Å². The van der Waals surface area contributed by atoms with Gasteiger partial charge in [0.25, 0.3) is 0 Å². The van der Waals surface area contributed by atoms with Crippen LogP contribution in [0.5, 0.6) is 5.75 Å². The molecule has 1 fully saturated rings. The minimum absolute atomic E-state index is 0.0826. The molecule has 0 bridgehead atoms. The Morgan fingerprint density at radius 2 is 1.93 bits per heavy atom. The van der Waals surface area contributed by atoms with Crippen molar-refractivity contribution in [2.45, 2.75) is 12.5 Å². The predicted octanol–water partition coefficient (Wildman–Crippen LogP) is 4.34. The van der Waals surface area contributed by atoms with Crippen molar-refractivity contribution in [3.63, 3.8) is 0 Å². The van der Waals surface area contributed by atoms with E-state index < -0.39 is 5.97 Å². The average molecular weight is 598 g/mol. The maximum Gasteiger partial charge on any atom is 0.341 e. The van der Waals surface area contributed by atoms with E-state index in [0.717, 1.165) is 30.8 Å². The Kier molecular flexibility index (Phi) is 8.76. The highest BCUT2D eigenvalue weighted by molar-refractivity contribution is 6.02. The number of aromatic carboxylic acids is 1. The van der Waals surface area contributed by atoms with Crippen LogP contribution in [0.25, 0.3) is 11.3 Å². The monoisotopic (exact) mass is 597 g/mol. The molecule has 1 aliphatic rings. The van der Waals surface area contributed by atoms with Crippen molar-refractivity contribution >= 4 is 46.4 Å². The van der Waals surface area contributed by atoms with Crippen LogP contribution in [0.3, 0.4) is 0 Å². The summed E-state index contributed by atoms with van der Waals surface area (Å²) in [5.74, 6) is -0.869. The molecule has 1 saturated heterocycles. The number of para-hydroxylation sites is 1. The molecule has 2 aromatic carbocycles. The standard InChI is InChI=1S/C31H35N9O4/c1-6-28(41)33-24-15-25(27(44-5)16-26(24)40(4)19-11-13-38(2)18-19)35-31-32-17-21(30(42)43)29(36-31)34-22-10-8-7-9-20(22)23-12-14-39(3)37-23/h6-10,12,14-17,19H,1,11,13,18H2,2-5H3,(H,33,41)(H,42,43)(H2,32,34,35,36). The molecule has 5 rings (SSSR count). The summed E-state index contributed by atoms with van der Waals surface area (Å²) < 4.78 is 7.42. The molecule has 2 aromatic heterocycles. The van der Waals surface area contributed by atoms with Gasteiger partial charge in [-0.1, -0.05) is 24.8 Å². The summed E-state index contributed by atoms with van der Waals surface area (Å²) in [5, 5.41) is 23.6. The molecule has 44 heavy (non-hydrogen) atoms. The molecule has 1 aliphatic heterocycles. The number of hydrogen-bond donors (Lipinski definition) is 4. The number of benzene rings is 2. The molecule has 1 atom stereocenters. The second-order valence-corrected chi connectivity index (χ2v) is 10.5. The van der Waals surface area contributed by atoms with Crippen molar-refractivity contribution in [2.24, 2.45) is 7.05 Å². The molecular formula is C31H35N9O4. The normalized spacial score (nSPS) is 14.6. The Hall–Kier alpha value is -5.43. The third-order valence-corrected chi connectivity index (χ3v) is 7.49. The van der Waals surface area contributed by atoms with Gasteiger partial charge in [0.15, 0.2) is 5.82 Å². The van der Waals surface area contributed by atoms with E-state index in [9.17, 15) is 14.7 Å². The average Bonchev–Trinajstić information content (AvgIpc) is 3.65. The van der Waals surface area contributed by atoms with Crippen LogP contribution in [0, 0.1) is 0 Å². The Morgan fingerprint density at radius 3 is 2.59 bits per heavy atom. The number of likely N-dealkylation sites (tertiary alicyclic amines) is 1. The van der Waals surface area contributed by atoms with Crippen molar-refractivity contribution in [3.8, 4) is 17.0 Å². The third-order valence-electron chi connectivity index (χ3n) is 7.49. The minimum atomic E-state index is -1.19. The molecule has 0 aliphatic carbocycles. The number of nitrogens with one attached hydrogen (secondary N) is 3. The smallest absolute Gasteiger partial charge is 0.341 e. The van der Waals surface area contributed by atoms with Gasteiger partial charge in [-0.05, 0) is 44.3 Å². The second-order valence-electron chi connectivity index (χ2n) is 10.5. The Morgan fingerprint density at radius 1 is 1.14 bits per heavy atom. The van der Waals surface area contributed by atoms with Gasteiger partial charge >= 0.3 is 5.97 Å². The third kappa shape index (κ3) is 6.47. The molecule has 0 saturated carbocycles. The number of ether oxygens (including phenoxy) is 1. The predicted molar refractivity (Wildman–Crippen MR) is 170 cm³/mol. The molecule has 0 spiro atoms. The van der Waals surface area contributed by atoms with Gasteiger partial charge in [-0.2, -0.15) is 10.1 Å². The van der Waals surface area contributed by atoms with E-state index in [1.807, 2.05) is 56.7 Å². The molecular weight excluding hydrogens is 562 g/mol. The van der Waals surface area contributed by atoms with Crippen molar-refractivity contribution in [2.75, 3.05) is 55.1 Å². The Labute approximate surface area is 255 Å². The fourth-order valence-corrected chi connectivity index (χ4v) is 5.15. The van der Waals surface area contributed by atoms with E-state index in [4.69, 9.17) is 4.74 Å². The first kappa shape index (κ1) is 30.0. The highest BCUT2D eigenvalue weighted by Crippen LogP contribution is 2.39. The number of likely N-dealkylation sites (N-methyl/N-ethyl adjacent to an activating group) is 2. The zero-order valence-corrected chi connectivity index (χ0v) is 25.0. The molecule has 13 nitrogen and oxygen atoms in total. The number of carbonyl (C=O) groups excluding carboxylic acids is 1. The van der Waals surface area contributed by atoms with Gasteiger partial charge in [-0.25, -0.2) is 9.78 Å². The van der Waals surface area contributed by atoms with Crippen LogP contribution in [-0.2, 0) is 11.8 Å². The number of methoxy groups -OCH3 is 1. The topological polar surface area (TPSA) is 150 Å². The summed E-state index contributed by atoms with van der Waals surface area (Å²) in [6, 6.07) is 13.1. The van der Waals surface area contributed by atoms with Crippen LogP contribution in [0.2, 0.25) is 0 Å². The van der Waals surface area contributed by atoms with E-state index in [1.54, 1.807) is 17.9 Å². The summed E-state index contributed by atoms with van der Waals surface area (Å²) >= 11 is 0. The number of rotatable bonds is 11. The minimum Gasteiger partial charge on any atom is -0.494 e. The lowest BCUT2D eigenvalue weighted by atomic mass is 10.1. The maximum absolute atomic E-state index is 12.4. The number of carboxylic acid groups (broad SMARTS) is 1. The Balaban J connectivity index is 1.51. The number of carbonyl (C=O) groups is 2. The van der Waals surface area contributed by atoms with E-state index in [0.29, 0.717) is 28.5 Å². The lowest BCUT2D eigenvalue weighted by Crippen LogP contribution is -2.34. The number of anilines is 6. The number of amides is 1. The molecule has 1 unspecified atom stereocenters. The van der Waals surface area contributed by atoms with Crippen LogP contribution >= 0.6 is 0 Å². The van der Waals surface area contributed by atoms with Gasteiger partial charge < -0.3 is 35.6 Å². The summed E-state index contributed by atoms with van der Waals surface area (Å²) in [5.41, 5.74) is 3.78. The van der Waals surface area contributed by atoms with Crippen molar-refractivity contribution < 1.29 is 19.4 Å². The first-order valence-electron chi connectivity index (χ1n) is 14.0. The number of aryl methyl sites for hydroxylation is 1. The van der Waals surface area contributed by atoms with Crippen LogP contribution in [-0.4, -0.2) is 82.0 Å². The first-order valence-corrected chi connectivity index (χ1v) is 14.0. The van der Waals surface area contributed by atoms with Gasteiger partial charge in [0, 0.05) is 56.4 Å². The molecule has 0 radical (unpaired) electrons. The highest BCUT2D eigenvalue weighted by atomic mass is 16.5. The lowest BCUT2D eigenvalue weighted by Gasteiger charge is -2.29. The fraction of sp³-hybridized carbons (Fsp3) is 0.258. The van der Waals surface area contributed by atoms with Crippen molar-refractivity contribution in [3.05, 3.63) is 73.1 Å². The first-order chi connectivity index (χ1) is 21.2. The van der Waals surface area contributed by atoms with E-state index >= 15 is 0 Å². The molecule has 228 valence electrons. The maximum atomic E-state index is 12.4. The van der Waals surface area contributed by atoms with Crippen LogP contribution in [0.1, 0.15) is 16.8 Å². The summed E-state index contributed by atoms with van der Waals surface area (Å²) in [6.45, 7) is 5.45. The zero-order valence-electron chi connectivity index (χ0n) is 25.0. The van der Waals surface area contributed by atoms with Gasteiger partial charge in [0.05, 0.1) is 29.9 Å². The van der Waals surface area contributed by atoms with Crippen molar-refractivity contribution in [1.82, 2.24) is 24.6 Å². The lowest BCUT2D eigenvalue weighted by molar-refractivity contribution is -0.111. The zero-order chi connectivity index (χ0) is 31.4. The van der Waals surface area contributed by atoms with Crippen LogP contribution in [0.4, 0.5) is 34.5 Å². The van der Waals surface area contributed by atoms with E-state index in [1.165, 1.54) is 12.3 Å². The van der Waals surface area contributed by atoms with Gasteiger partial charge in [-0.3, -0.25) is 9.48 Å². The highest BCUT2D eigenvalue weighted by Gasteiger charge is 2.26. The summed E-state index contributed by atoms with van der Waals surface area (Å²) in [6.07, 6.45) is 5.25. The summed E-state index contributed by atoms with van der Waals surface area (Å²) in [7, 11) is 7.44. The van der Waals surface area contributed by atoms with E-state index in [-0.39, 0.29) is 29.3 Å². The Bertz CT molecular complexity index is 1700.